The number of hydrogen-bond acceptors (Lipinski definition) is 3. The number of nitrogens with zero attached hydrogens (tertiary/aromatic N) is 1. The summed E-state index contributed by atoms with van der Waals surface area (Å²) in [4.78, 5) is 3.72. The molecule has 1 rings (SSSR count). The van der Waals surface area contributed by atoms with Gasteiger partial charge in [0.2, 0.25) is 0 Å². The summed E-state index contributed by atoms with van der Waals surface area (Å²) in [6.07, 6.45) is -3.17. The van der Waals surface area contributed by atoms with Crippen molar-refractivity contribution >= 4 is 17.6 Å². The molecule has 1 aromatic heterocycles. The van der Waals surface area contributed by atoms with Gasteiger partial charge < -0.3 is 5.73 Å². The highest BCUT2D eigenvalue weighted by atomic mass is 32.2. The molecular weight excluding hydrogens is 251 g/mol. The highest BCUT2D eigenvalue weighted by Gasteiger charge is 2.30. The summed E-state index contributed by atoms with van der Waals surface area (Å²) in [5.41, 5.74) is 4.47. The van der Waals surface area contributed by atoms with Crippen LogP contribution in [0.4, 0.5) is 13.2 Å². The van der Waals surface area contributed by atoms with E-state index in [4.69, 9.17) is 11.1 Å². The van der Waals surface area contributed by atoms with Crippen LogP contribution in [0.15, 0.2) is 23.4 Å². The standard InChI is InChI=1S/C10H12F3N3S/c1-6(4-8(14)15)17-9-3-2-7(5-16-9)10(11,12)13/h2-3,5-6H,4H2,1H3,(H3,14,15). The first-order valence-corrected chi connectivity index (χ1v) is 5.70. The molecule has 0 spiro atoms. The maximum atomic E-state index is 12.3. The van der Waals surface area contributed by atoms with Crippen molar-refractivity contribution in [3.63, 3.8) is 0 Å². The zero-order valence-electron chi connectivity index (χ0n) is 9.08. The zero-order chi connectivity index (χ0) is 13.1. The normalized spacial score (nSPS) is 13.4. The average molecular weight is 263 g/mol. The lowest BCUT2D eigenvalue weighted by molar-refractivity contribution is -0.137. The Morgan fingerprint density at radius 1 is 1.53 bits per heavy atom. The van der Waals surface area contributed by atoms with Crippen molar-refractivity contribution in [2.24, 2.45) is 5.73 Å². The van der Waals surface area contributed by atoms with Gasteiger partial charge in [0.1, 0.15) is 0 Å². The number of thioether (sulfide) groups is 1. The molecule has 94 valence electrons. The van der Waals surface area contributed by atoms with Gasteiger partial charge in [-0.3, -0.25) is 5.41 Å². The van der Waals surface area contributed by atoms with E-state index in [1.165, 1.54) is 17.8 Å². The van der Waals surface area contributed by atoms with Gasteiger partial charge in [0.05, 0.1) is 16.4 Å². The molecule has 0 amide bonds. The van der Waals surface area contributed by atoms with Gasteiger partial charge in [0, 0.05) is 17.9 Å². The Hall–Kier alpha value is -1.24. The molecule has 0 saturated heterocycles. The molecule has 0 aliphatic carbocycles. The predicted molar refractivity (Wildman–Crippen MR) is 61.1 cm³/mol. The summed E-state index contributed by atoms with van der Waals surface area (Å²) in [6, 6.07) is 2.32. The van der Waals surface area contributed by atoms with E-state index in [9.17, 15) is 13.2 Å². The molecule has 7 heteroatoms. The Labute approximate surface area is 101 Å². The van der Waals surface area contributed by atoms with Crippen LogP contribution in [0, 0.1) is 5.41 Å². The smallest absolute Gasteiger partial charge is 0.388 e. The third kappa shape index (κ3) is 4.64. The van der Waals surface area contributed by atoms with Crippen molar-refractivity contribution in [3.05, 3.63) is 23.9 Å². The van der Waals surface area contributed by atoms with Crippen molar-refractivity contribution in [2.45, 2.75) is 29.8 Å². The van der Waals surface area contributed by atoms with E-state index in [0.717, 1.165) is 12.3 Å². The van der Waals surface area contributed by atoms with Crippen molar-refractivity contribution in [2.75, 3.05) is 0 Å². The summed E-state index contributed by atoms with van der Waals surface area (Å²) in [5.74, 6) is 0.0527. The van der Waals surface area contributed by atoms with Crippen LogP contribution in [0.3, 0.4) is 0 Å². The Morgan fingerprint density at radius 3 is 2.59 bits per heavy atom. The lowest BCUT2D eigenvalue weighted by Gasteiger charge is -2.10. The van der Waals surface area contributed by atoms with Crippen LogP contribution in [0.25, 0.3) is 0 Å². The van der Waals surface area contributed by atoms with Gasteiger partial charge in [-0.1, -0.05) is 6.92 Å². The second kappa shape index (κ2) is 5.39. The molecule has 1 atom stereocenters. The van der Waals surface area contributed by atoms with Gasteiger partial charge in [-0.25, -0.2) is 4.98 Å². The second-order valence-corrected chi connectivity index (χ2v) is 5.00. The number of pyridine rings is 1. The van der Waals surface area contributed by atoms with Gasteiger partial charge in [-0.05, 0) is 12.1 Å². The van der Waals surface area contributed by atoms with Crippen LogP contribution in [-0.4, -0.2) is 16.1 Å². The molecule has 0 bridgehead atoms. The van der Waals surface area contributed by atoms with E-state index in [1.807, 2.05) is 6.92 Å². The maximum absolute atomic E-state index is 12.3. The lowest BCUT2D eigenvalue weighted by atomic mass is 10.3. The number of nitrogens with two attached hydrogens (primary N) is 1. The van der Waals surface area contributed by atoms with E-state index < -0.39 is 11.7 Å². The van der Waals surface area contributed by atoms with E-state index in [-0.39, 0.29) is 11.1 Å². The monoisotopic (exact) mass is 263 g/mol. The average Bonchev–Trinajstić information content (AvgIpc) is 2.15. The molecule has 17 heavy (non-hydrogen) atoms. The number of alkyl halides is 3. The first-order valence-electron chi connectivity index (χ1n) is 4.82. The maximum Gasteiger partial charge on any atom is 0.417 e. The molecule has 0 aliphatic heterocycles. The van der Waals surface area contributed by atoms with Gasteiger partial charge in [0.25, 0.3) is 0 Å². The molecule has 1 aromatic rings. The SMILES string of the molecule is CC(CC(=N)N)Sc1ccc(C(F)(F)F)cn1. The topological polar surface area (TPSA) is 62.8 Å². The first kappa shape index (κ1) is 13.8. The Bertz CT molecular complexity index is 389. The van der Waals surface area contributed by atoms with Crippen molar-refractivity contribution in [1.29, 1.82) is 5.41 Å². The number of amidine groups is 1. The quantitative estimate of drug-likeness (QED) is 0.499. The molecule has 0 radical (unpaired) electrons. The van der Waals surface area contributed by atoms with E-state index in [1.54, 1.807) is 0 Å². The molecule has 3 N–H and O–H groups in total. The largest absolute Gasteiger partial charge is 0.417 e. The van der Waals surface area contributed by atoms with Crippen molar-refractivity contribution < 1.29 is 13.2 Å². The van der Waals surface area contributed by atoms with Crippen LogP contribution in [0.2, 0.25) is 0 Å². The fraction of sp³-hybridized carbons (Fsp3) is 0.400. The number of aromatic nitrogens is 1. The van der Waals surface area contributed by atoms with E-state index in [0.29, 0.717) is 11.4 Å². The summed E-state index contributed by atoms with van der Waals surface area (Å²) in [5, 5.41) is 7.61. The van der Waals surface area contributed by atoms with Gasteiger partial charge in [0.15, 0.2) is 0 Å². The fourth-order valence-corrected chi connectivity index (χ4v) is 2.11. The minimum Gasteiger partial charge on any atom is -0.388 e. The first-order chi connectivity index (χ1) is 7.79. The van der Waals surface area contributed by atoms with Gasteiger partial charge >= 0.3 is 6.18 Å². The van der Waals surface area contributed by atoms with Crippen LogP contribution < -0.4 is 5.73 Å². The lowest BCUT2D eigenvalue weighted by Crippen LogP contribution is -2.15. The highest BCUT2D eigenvalue weighted by molar-refractivity contribution is 7.99. The summed E-state index contributed by atoms with van der Waals surface area (Å²) in [7, 11) is 0. The van der Waals surface area contributed by atoms with Crippen LogP contribution in [0.1, 0.15) is 18.9 Å². The number of hydrogen-bond donors (Lipinski definition) is 2. The molecule has 0 fully saturated rings. The predicted octanol–water partition coefficient (Wildman–Crippen LogP) is 2.91. The van der Waals surface area contributed by atoms with Crippen molar-refractivity contribution in [1.82, 2.24) is 4.98 Å². The van der Waals surface area contributed by atoms with Crippen LogP contribution in [-0.2, 0) is 6.18 Å². The fourth-order valence-electron chi connectivity index (χ4n) is 1.18. The Morgan fingerprint density at radius 2 is 2.18 bits per heavy atom. The van der Waals surface area contributed by atoms with Crippen LogP contribution in [0.5, 0.6) is 0 Å². The molecular formula is C10H12F3N3S. The minimum absolute atomic E-state index is 0.0109. The summed E-state index contributed by atoms with van der Waals surface area (Å²) < 4.78 is 36.8. The number of halogens is 3. The number of nitrogens with one attached hydrogen (secondary N) is 1. The minimum atomic E-state index is -4.36. The molecule has 0 aromatic carbocycles. The Kier molecular flexibility index (Phi) is 4.39. The summed E-state index contributed by atoms with van der Waals surface area (Å²) in [6.45, 7) is 1.84. The van der Waals surface area contributed by atoms with E-state index in [2.05, 4.69) is 4.98 Å². The van der Waals surface area contributed by atoms with E-state index >= 15 is 0 Å². The van der Waals surface area contributed by atoms with Gasteiger partial charge in [-0.2, -0.15) is 13.2 Å². The molecule has 1 heterocycles. The summed E-state index contributed by atoms with van der Waals surface area (Å²) >= 11 is 1.29. The number of rotatable bonds is 4. The molecule has 3 nitrogen and oxygen atoms in total. The van der Waals surface area contributed by atoms with Crippen LogP contribution >= 0.6 is 11.8 Å². The highest BCUT2D eigenvalue weighted by Crippen LogP contribution is 2.30. The van der Waals surface area contributed by atoms with Crippen molar-refractivity contribution in [3.8, 4) is 0 Å². The molecule has 0 aliphatic rings. The molecule has 0 saturated carbocycles. The Balaban J connectivity index is 2.66. The third-order valence-corrected chi connectivity index (χ3v) is 2.94. The zero-order valence-corrected chi connectivity index (χ0v) is 9.90. The molecule has 1 unspecified atom stereocenters. The second-order valence-electron chi connectivity index (χ2n) is 3.54. The third-order valence-electron chi connectivity index (χ3n) is 1.89. The van der Waals surface area contributed by atoms with Gasteiger partial charge in [-0.15, -0.1) is 11.8 Å².